The lowest BCUT2D eigenvalue weighted by Crippen LogP contribution is -2.27. The maximum absolute atomic E-state index is 11.6. The third kappa shape index (κ3) is 3.73. The zero-order valence-corrected chi connectivity index (χ0v) is 9.73. The van der Waals surface area contributed by atoms with Gasteiger partial charge in [0.15, 0.2) is 0 Å². The molecule has 0 saturated heterocycles. The maximum Gasteiger partial charge on any atom is 0.435 e. The summed E-state index contributed by atoms with van der Waals surface area (Å²) in [6.45, 7) is 5.39. The summed E-state index contributed by atoms with van der Waals surface area (Å²) in [5, 5.41) is 12.3. The molecule has 86 valence electrons. The second-order valence-electron chi connectivity index (χ2n) is 4.43. The zero-order chi connectivity index (χ0) is 12.2. The molecule has 0 bridgehead atoms. The lowest BCUT2D eigenvalue weighted by molar-refractivity contribution is 0.0514. The van der Waals surface area contributed by atoms with Gasteiger partial charge in [-0.05, 0) is 32.8 Å². The highest BCUT2D eigenvalue weighted by atomic mass is 16.6. The van der Waals surface area contributed by atoms with Gasteiger partial charge in [-0.2, -0.15) is 15.0 Å². The van der Waals surface area contributed by atoms with Gasteiger partial charge in [0, 0.05) is 12.6 Å². The largest absolute Gasteiger partial charge is 0.442 e. The van der Waals surface area contributed by atoms with E-state index in [0.29, 0.717) is 12.8 Å². The number of nitriles is 1. The molecule has 0 saturated carbocycles. The predicted molar refractivity (Wildman–Crippen MR) is 57.8 cm³/mol. The second-order valence-corrected chi connectivity index (χ2v) is 4.43. The number of aromatic nitrogens is 2. The van der Waals surface area contributed by atoms with Gasteiger partial charge in [0.2, 0.25) is 0 Å². The third-order valence-electron chi connectivity index (χ3n) is 1.74. The van der Waals surface area contributed by atoms with Crippen LogP contribution >= 0.6 is 0 Å². The van der Waals surface area contributed by atoms with Gasteiger partial charge in [0.05, 0.1) is 12.3 Å². The lowest BCUT2D eigenvalue weighted by atomic mass is 10.2. The molecule has 0 aromatic carbocycles. The van der Waals surface area contributed by atoms with Crippen molar-refractivity contribution < 1.29 is 9.53 Å². The average Bonchev–Trinajstić information content (AvgIpc) is 2.60. The topological polar surface area (TPSA) is 67.9 Å². The molecule has 0 atom stereocenters. The Morgan fingerprint density at radius 2 is 2.31 bits per heavy atom. The summed E-state index contributed by atoms with van der Waals surface area (Å²) in [6.07, 6.45) is 3.67. The lowest BCUT2D eigenvalue weighted by Gasteiger charge is -2.18. The summed E-state index contributed by atoms with van der Waals surface area (Å²) in [5.41, 5.74) is 0.322. The van der Waals surface area contributed by atoms with E-state index in [4.69, 9.17) is 10.00 Å². The van der Waals surface area contributed by atoms with Gasteiger partial charge in [-0.3, -0.25) is 0 Å². The minimum atomic E-state index is -0.532. The highest BCUT2D eigenvalue weighted by Crippen LogP contribution is 2.09. The molecule has 0 amide bonds. The van der Waals surface area contributed by atoms with Crippen LogP contribution in [-0.2, 0) is 11.2 Å². The van der Waals surface area contributed by atoms with Crippen LogP contribution in [0, 0.1) is 11.3 Å². The van der Waals surface area contributed by atoms with E-state index in [-0.39, 0.29) is 0 Å². The molecule has 0 radical (unpaired) electrons. The van der Waals surface area contributed by atoms with E-state index in [1.807, 2.05) is 6.07 Å². The number of ether oxygens (including phenoxy) is 1. The summed E-state index contributed by atoms with van der Waals surface area (Å²) < 4.78 is 6.29. The summed E-state index contributed by atoms with van der Waals surface area (Å²) in [4.78, 5) is 11.6. The Morgan fingerprint density at radius 3 is 2.88 bits per heavy atom. The van der Waals surface area contributed by atoms with Gasteiger partial charge in [-0.1, -0.05) is 0 Å². The first-order valence-corrected chi connectivity index (χ1v) is 5.06. The monoisotopic (exact) mass is 221 g/mol. The zero-order valence-electron chi connectivity index (χ0n) is 9.73. The molecule has 0 fully saturated rings. The Labute approximate surface area is 94.6 Å². The van der Waals surface area contributed by atoms with Gasteiger partial charge in [-0.25, -0.2) is 4.79 Å². The molecule has 1 heterocycles. The molecular weight excluding hydrogens is 206 g/mol. The second kappa shape index (κ2) is 4.79. The van der Waals surface area contributed by atoms with E-state index in [0.717, 1.165) is 10.2 Å². The molecule has 1 rings (SSSR count). The standard InChI is InChI=1S/C11H15N3O2/c1-11(2,3)16-10(15)14-8-9(7-13-14)5-4-6-12/h7-8H,4-5H2,1-3H3. The Kier molecular flexibility index (Phi) is 3.67. The number of carbonyl (C=O) groups excluding carboxylic acids is 1. The molecule has 0 aliphatic carbocycles. The number of hydrogen-bond acceptors (Lipinski definition) is 4. The SMILES string of the molecule is CC(C)(C)OC(=O)n1cc(CCC#N)cn1. The van der Waals surface area contributed by atoms with Crippen molar-refractivity contribution in [3.05, 3.63) is 18.0 Å². The molecular formula is C11H15N3O2. The quantitative estimate of drug-likeness (QED) is 0.767. The molecule has 0 aliphatic rings. The minimum Gasteiger partial charge on any atom is -0.442 e. The molecule has 0 aliphatic heterocycles. The molecule has 0 N–H and O–H groups in total. The first kappa shape index (κ1) is 12.2. The maximum atomic E-state index is 11.6. The Balaban J connectivity index is 2.64. The number of carbonyl (C=O) groups is 1. The first-order chi connectivity index (χ1) is 7.42. The predicted octanol–water partition coefficient (Wildman–Crippen LogP) is 2.12. The van der Waals surface area contributed by atoms with Crippen molar-refractivity contribution in [1.82, 2.24) is 9.78 Å². The highest BCUT2D eigenvalue weighted by Gasteiger charge is 2.18. The van der Waals surface area contributed by atoms with Crippen LogP contribution in [0.1, 0.15) is 32.8 Å². The van der Waals surface area contributed by atoms with Crippen LogP contribution in [0.25, 0.3) is 0 Å². The number of nitrogens with zero attached hydrogens (tertiary/aromatic N) is 3. The average molecular weight is 221 g/mol. The van der Waals surface area contributed by atoms with E-state index in [1.165, 1.54) is 0 Å². The van der Waals surface area contributed by atoms with Crippen molar-refractivity contribution in [3.8, 4) is 6.07 Å². The minimum absolute atomic E-state index is 0.417. The van der Waals surface area contributed by atoms with E-state index >= 15 is 0 Å². The van der Waals surface area contributed by atoms with Crippen molar-refractivity contribution in [1.29, 1.82) is 5.26 Å². The Bertz CT molecular complexity index is 410. The summed E-state index contributed by atoms with van der Waals surface area (Å²) >= 11 is 0. The van der Waals surface area contributed by atoms with E-state index in [9.17, 15) is 4.79 Å². The molecule has 0 unspecified atom stereocenters. The van der Waals surface area contributed by atoms with Crippen molar-refractivity contribution in [2.75, 3.05) is 0 Å². The first-order valence-electron chi connectivity index (χ1n) is 5.06. The van der Waals surface area contributed by atoms with E-state index in [1.54, 1.807) is 33.2 Å². The van der Waals surface area contributed by atoms with Gasteiger partial charge < -0.3 is 4.74 Å². The third-order valence-corrected chi connectivity index (χ3v) is 1.74. The number of aryl methyl sites for hydroxylation is 1. The van der Waals surface area contributed by atoms with Crippen LogP contribution in [-0.4, -0.2) is 21.5 Å². The molecule has 1 aromatic heterocycles. The molecule has 16 heavy (non-hydrogen) atoms. The van der Waals surface area contributed by atoms with Crippen LogP contribution < -0.4 is 0 Å². The van der Waals surface area contributed by atoms with E-state index in [2.05, 4.69) is 5.10 Å². The fourth-order valence-corrected chi connectivity index (χ4v) is 1.10. The number of hydrogen-bond donors (Lipinski definition) is 0. The number of rotatable bonds is 2. The van der Waals surface area contributed by atoms with Crippen LogP contribution in [0.4, 0.5) is 4.79 Å². The van der Waals surface area contributed by atoms with Crippen LogP contribution in [0.5, 0.6) is 0 Å². The fraction of sp³-hybridized carbons (Fsp3) is 0.545. The van der Waals surface area contributed by atoms with Crippen LogP contribution in [0.15, 0.2) is 12.4 Å². The summed E-state index contributed by atoms with van der Waals surface area (Å²) in [5.74, 6) is 0. The van der Waals surface area contributed by atoms with E-state index < -0.39 is 11.7 Å². The van der Waals surface area contributed by atoms with Crippen molar-refractivity contribution >= 4 is 6.09 Å². The van der Waals surface area contributed by atoms with Crippen molar-refractivity contribution in [2.45, 2.75) is 39.2 Å². The smallest absolute Gasteiger partial charge is 0.435 e. The van der Waals surface area contributed by atoms with Gasteiger partial charge >= 0.3 is 6.09 Å². The van der Waals surface area contributed by atoms with Gasteiger partial charge in [0.25, 0.3) is 0 Å². The Morgan fingerprint density at radius 1 is 1.62 bits per heavy atom. The molecule has 5 heteroatoms. The molecule has 0 spiro atoms. The van der Waals surface area contributed by atoms with Crippen molar-refractivity contribution in [3.63, 3.8) is 0 Å². The van der Waals surface area contributed by atoms with Crippen LogP contribution in [0.2, 0.25) is 0 Å². The molecule has 1 aromatic rings. The van der Waals surface area contributed by atoms with Gasteiger partial charge in [-0.15, -0.1) is 0 Å². The Hall–Kier alpha value is -1.83. The fourth-order valence-electron chi connectivity index (χ4n) is 1.10. The normalized spacial score (nSPS) is 10.9. The summed E-state index contributed by atoms with van der Waals surface area (Å²) in [7, 11) is 0. The highest BCUT2D eigenvalue weighted by molar-refractivity contribution is 5.69. The van der Waals surface area contributed by atoms with Crippen molar-refractivity contribution in [2.24, 2.45) is 0 Å². The van der Waals surface area contributed by atoms with Gasteiger partial charge in [0.1, 0.15) is 5.60 Å². The molecule has 5 nitrogen and oxygen atoms in total. The summed E-state index contributed by atoms with van der Waals surface area (Å²) in [6, 6.07) is 2.04. The van der Waals surface area contributed by atoms with Crippen LogP contribution in [0.3, 0.4) is 0 Å².